The lowest BCUT2D eigenvalue weighted by molar-refractivity contribution is 1.05. The standard InChI is InChI=1S/C11H10BrN3S/c12-10-5-9(13)2-1-8(10)6-16-11-3-4-14-7-15-11/h1-5,7H,6,13H2. The van der Waals surface area contributed by atoms with Crippen LogP contribution < -0.4 is 5.73 Å². The lowest BCUT2D eigenvalue weighted by atomic mass is 10.2. The van der Waals surface area contributed by atoms with Crippen molar-refractivity contribution in [3.8, 4) is 0 Å². The van der Waals surface area contributed by atoms with Crippen LogP contribution in [0.15, 0.2) is 46.3 Å². The molecule has 0 unspecified atom stereocenters. The van der Waals surface area contributed by atoms with Crippen LogP contribution in [0, 0.1) is 0 Å². The molecule has 0 saturated heterocycles. The Morgan fingerprint density at radius 3 is 2.88 bits per heavy atom. The first-order chi connectivity index (χ1) is 7.75. The summed E-state index contributed by atoms with van der Waals surface area (Å²) in [6, 6.07) is 7.74. The predicted octanol–water partition coefficient (Wildman–Crippen LogP) is 3.11. The normalized spacial score (nSPS) is 10.3. The van der Waals surface area contributed by atoms with Crippen molar-refractivity contribution >= 4 is 33.4 Å². The number of halogens is 1. The zero-order chi connectivity index (χ0) is 11.4. The largest absolute Gasteiger partial charge is 0.399 e. The summed E-state index contributed by atoms with van der Waals surface area (Å²) >= 11 is 5.17. The van der Waals surface area contributed by atoms with Gasteiger partial charge < -0.3 is 5.73 Å². The lowest BCUT2D eigenvalue weighted by Gasteiger charge is -2.04. The lowest BCUT2D eigenvalue weighted by Crippen LogP contribution is -1.89. The van der Waals surface area contributed by atoms with E-state index >= 15 is 0 Å². The molecule has 2 N–H and O–H groups in total. The SMILES string of the molecule is Nc1ccc(CSc2ccncn2)c(Br)c1. The van der Waals surface area contributed by atoms with Gasteiger partial charge in [-0.1, -0.05) is 22.0 Å². The van der Waals surface area contributed by atoms with E-state index in [0.717, 1.165) is 20.9 Å². The van der Waals surface area contributed by atoms with Gasteiger partial charge in [0, 0.05) is 22.1 Å². The van der Waals surface area contributed by atoms with Crippen molar-refractivity contribution in [1.82, 2.24) is 9.97 Å². The number of hydrogen-bond donors (Lipinski definition) is 1. The third kappa shape index (κ3) is 2.96. The molecule has 0 amide bonds. The number of aromatic nitrogens is 2. The van der Waals surface area contributed by atoms with Gasteiger partial charge in [-0.25, -0.2) is 9.97 Å². The molecule has 82 valence electrons. The fraction of sp³-hybridized carbons (Fsp3) is 0.0909. The summed E-state index contributed by atoms with van der Waals surface area (Å²) in [5.41, 5.74) is 7.65. The maximum Gasteiger partial charge on any atom is 0.116 e. The maximum atomic E-state index is 5.68. The average molecular weight is 296 g/mol. The molecular formula is C11H10BrN3S. The second-order valence-corrected chi connectivity index (χ2v) is 5.04. The van der Waals surface area contributed by atoms with Crippen molar-refractivity contribution in [2.45, 2.75) is 10.8 Å². The summed E-state index contributed by atoms with van der Waals surface area (Å²) in [5.74, 6) is 0.859. The third-order valence-electron chi connectivity index (χ3n) is 2.01. The molecule has 1 heterocycles. The smallest absolute Gasteiger partial charge is 0.116 e. The number of nitrogens with zero attached hydrogens (tertiary/aromatic N) is 2. The molecule has 1 aromatic heterocycles. The monoisotopic (exact) mass is 295 g/mol. The molecule has 2 aromatic rings. The van der Waals surface area contributed by atoms with Gasteiger partial charge in [0.15, 0.2) is 0 Å². The topological polar surface area (TPSA) is 51.8 Å². The summed E-state index contributed by atoms with van der Waals surface area (Å²) in [7, 11) is 0. The average Bonchev–Trinajstić information content (AvgIpc) is 2.29. The van der Waals surface area contributed by atoms with Crippen LogP contribution in [0.3, 0.4) is 0 Å². The van der Waals surface area contributed by atoms with Crippen molar-refractivity contribution in [3.63, 3.8) is 0 Å². The molecular weight excluding hydrogens is 286 g/mol. The van der Waals surface area contributed by atoms with Crippen LogP contribution in [0.1, 0.15) is 5.56 Å². The zero-order valence-corrected chi connectivity index (χ0v) is 10.8. The number of rotatable bonds is 3. The predicted molar refractivity (Wildman–Crippen MR) is 70.1 cm³/mol. The Hall–Kier alpha value is -1.07. The van der Waals surface area contributed by atoms with Gasteiger partial charge in [0.05, 0.1) is 5.03 Å². The van der Waals surface area contributed by atoms with Crippen LogP contribution in [0.2, 0.25) is 0 Å². The fourth-order valence-electron chi connectivity index (χ4n) is 1.20. The fourth-order valence-corrected chi connectivity index (χ4v) is 2.75. The summed E-state index contributed by atoms with van der Waals surface area (Å²) in [6.07, 6.45) is 3.30. The van der Waals surface area contributed by atoms with Crippen LogP contribution in [0.25, 0.3) is 0 Å². The molecule has 0 aliphatic carbocycles. The number of hydrogen-bond acceptors (Lipinski definition) is 4. The van der Waals surface area contributed by atoms with E-state index in [1.165, 1.54) is 5.56 Å². The summed E-state index contributed by atoms with van der Waals surface area (Å²) in [6.45, 7) is 0. The Morgan fingerprint density at radius 1 is 1.31 bits per heavy atom. The number of benzene rings is 1. The number of thioether (sulfide) groups is 1. The van der Waals surface area contributed by atoms with Crippen molar-refractivity contribution in [3.05, 3.63) is 46.8 Å². The first-order valence-corrected chi connectivity index (χ1v) is 6.46. The van der Waals surface area contributed by atoms with E-state index in [0.29, 0.717) is 0 Å². The van der Waals surface area contributed by atoms with Gasteiger partial charge in [-0.3, -0.25) is 0 Å². The van der Waals surface area contributed by atoms with Crippen molar-refractivity contribution in [1.29, 1.82) is 0 Å². The molecule has 0 atom stereocenters. The van der Waals surface area contributed by atoms with E-state index in [4.69, 9.17) is 5.73 Å². The second-order valence-electron chi connectivity index (χ2n) is 3.19. The molecule has 0 fully saturated rings. The minimum absolute atomic E-state index is 0.766. The molecule has 0 radical (unpaired) electrons. The molecule has 5 heteroatoms. The van der Waals surface area contributed by atoms with Crippen molar-refractivity contribution < 1.29 is 0 Å². The third-order valence-corrected chi connectivity index (χ3v) is 3.74. The van der Waals surface area contributed by atoms with E-state index in [9.17, 15) is 0 Å². The van der Waals surface area contributed by atoms with Gasteiger partial charge >= 0.3 is 0 Å². The summed E-state index contributed by atoms with van der Waals surface area (Å²) in [5, 5.41) is 0.971. The second kappa shape index (κ2) is 5.32. The molecule has 0 aliphatic rings. The minimum Gasteiger partial charge on any atom is -0.399 e. The van der Waals surface area contributed by atoms with E-state index in [2.05, 4.69) is 25.9 Å². The van der Waals surface area contributed by atoms with Crippen LogP contribution in [0.5, 0.6) is 0 Å². The number of anilines is 1. The first kappa shape index (κ1) is 11.4. The zero-order valence-electron chi connectivity index (χ0n) is 8.43. The number of nitrogen functional groups attached to an aromatic ring is 1. The highest BCUT2D eigenvalue weighted by molar-refractivity contribution is 9.10. The highest BCUT2D eigenvalue weighted by atomic mass is 79.9. The molecule has 1 aromatic carbocycles. The highest BCUT2D eigenvalue weighted by Gasteiger charge is 2.02. The Morgan fingerprint density at radius 2 is 2.19 bits per heavy atom. The van der Waals surface area contributed by atoms with Crippen LogP contribution in [-0.4, -0.2) is 9.97 Å². The van der Waals surface area contributed by atoms with Gasteiger partial charge in [0.2, 0.25) is 0 Å². The van der Waals surface area contributed by atoms with Gasteiger partial charge in [0.1, 0.15) is 6.33 Å². The van der Waals surface area contributed by atoms with Crippen molar-refractivity contribution in [2.75, 3.05) is 5.73 Å². The van der Waals surface area contributed by atoms with E-state index in [-0.39, 0.29) is 0 Å². The number of nitrogens with two attached hydrogens (primary N) is 1. The van der Waals surface area contributed by atoms with Gasteiger partial charge in [-0.05, 0) is 23.8 Å². The van der Waals surface area contributed by atoms with Crippen LogP contribution >= 0.6 is 27.7 Å². The molecule has 16 heavy (non-hydrogen) atoms. The van der Waals surface area contributed by atoms with Gasteiger partial charge in [-0.2, -0.15) is 0 Å². The minimum atomic E-state index is 0.766. The molecule has 0 bridgehead atoms. The molecule has 0 saturated carbocycles. The van der Waals surface area contributed by atoms with Gasteiger partial charge in [-0.15, -0.1) is 11.8 Å². The molecule has 0 spiro atoms. The van der Waals surface area contributed by atoms with Gasteiger partial charge in [0.25, 0.3) is 0 Å². The molecule has 3 nitrogen and oxygen atoms in total. The summed E-state index contributed by atoms with van der Waals surface area (Å²) in [4.78, 5) is 8.03. The molecule has 0 aliphatic heterocycles. The van der Waals surface area contributed by atoms with Crippen LogP contribution in [0.4, 0.5) is 5.69 Å². The van der Waals surface area contributed by atoms with E-state index < -0.39 is 0 Å². The van der Waals surface area contributed by atoms with E-state index in [1.54, 1.807) is 24.3 Å². The summed E-state index contributed by atoms with van der Waals surface area (Å²) < 4.78 is 1.04. The first-order valence-electron chi connectivity index (χ1n) is 4.68. The Balaban J connectivity index is 2.05. The van der Waals surface area contributed by atoms with Crippen molar-refractivity contribution in [2.24, 2.45) is 0 Å². The Bertz CT molecular complexity index is 476. The van der Waals surface area contributed by atoms with Crippen LogP contribution in [-0.2, 0) is 5.75 Å². The quantitative estimate of drug-likeness (QED) is 0.537. The maximum absolute atomic E-state index is 5.68. The highest BCUT2D eigenvalue weighted by Crippen LogP contribution is 2.26. The molecule has 2 rings (SSSR count). The Labute approximate surface area is 107 Å². The van der Waals surface area contributed by atoms with E-state index in [1.807, 2.05) is 24.3 Å². The Kier molecular flexibility index (Phi) is 3.79.